The van der Waals surface area contributed by atoms with Gasteiger partial charge in [-0.1, -0.05) is 45.0 Å². The summed E-state index contributed by atoms with van der Waals surface area (Å²) >= 11 is 0. The smallest absolute Gasteiger partial charge is 0.0441 e. The molecule has 14 heavy (non-hydrogen) atoms. The summed E-state index contributed by atoms with van der Waals surface area (Å²) in [4.78, 5) is 0. The van der Waals surface area contributed by atoms with Crippen molar-refractivity contribution in [1.82, 2.24) is 0 Å². The highest BCUT2D eigenvalue weighted by Crippen LogP contribution is 2.55. The SMILES string of the molecule is C[C@@H]1c2ccccc2[C@](C)(N)C1(C)C. The molecule has 0 amide bonds. The molecule has 2 atom stereocenters. The lowest BCUT2D eigenvalue weighted by Gasteiger charge is -2.38. The molecule has 0 radical (unpaired) electrons. The van der Waals surface area contributed by atoms with Crippen LogP contribution in [0.5, 0.6) is 0 Å². The van der Waals surface area contributed by atoms with E-state index in [0.717, 1.165) is 0 Å². The molecule has 76 valence electrons. The fraction of sp³-hybridized carbons (Fsp3) is 0.538. The first-order chi connectivity index (χ1) is 6.39. The van der Waals surface area contributed by atoms with Gasteiger partial charge >= 0.3 is 0 Å². The van der Waals surface area contributed by atoms with Gasteiger partial charge in [0.25, 0.3) is 0 Å². The van der Waals surface area contributed by atoms with Gasteiger partial charge in [-0.2, -0.15) is 0 Å². The second-order valence-electron chi connectivity index (χ2n) is 5.23. The first-order valence-electron chi connectivity index (χ1n) is 5.27. The van der Waals surface area contributed by atoms with Crippen LogP contribution in [0.3, 0.4) is 0 Å². The number of hydrogen-bond donors (Lipinski definition) is 1. The molecule has 0 aliphatic heterocycles. The van der Waals surface area contributed by atoms with E-state index in [1.807, 2.05) is 0 Å². The molecule has 1 aromatic carbocycles. The lowest BCUT2D eigenvalue weighted by atomic mass is 9.70. The highest BCUT2D eigenvalue weighted by atomic mass is 14.8. The lowest BCUT2D eigenvalue weighted by molar-refractivity contribution is 0.178. The van der Waals surface area contributed by atoms with Crippen LogP contribution in [0.2, 0.25) is 0 Å². The molecule has 0 heterocycles. The third-order valence-corrected chi connectivity index (χ3v) is 4.41. The van der Waals surface area contributed by atoms with Crippen molar-refractivity contribution in [1.29, 1.82) is 0 Å². The van der Waals surface area contributed by atoms with Crippen molar-refractivity contribution < 1.29 is 0 Å². The van der Waals surface area contributed by atoms with Gasteiger partial charge in [0.2, 0.25) is 0 Å². The maximum atomic E-state index is 6.46. The molecule has 1 nitrogen and oxygen atoms in total. The first kappa shape index (κ1) is 9.72. The number of nitrogens with two attached hydrogens (primary N) is 1. The van der Waals surface area contributed by atoms with Gasteiger partial charge in [0.1, 0.15) is 0 Å². The van der Waals surface area contributed by atoms with Crippen molar-refractivity contribution in [2.45, 2.75) is 39.2 Å². The minimum absolute atomic E-state index is 0.136. The van der Waals surface area contributed by atoms with Crippen LogP contribution in [0, 0.1) is 5.41 Å². The van der Waals surface area contributed by atoms with E-state index in [-0.39, 0.29) is 11.0 Å². The van der Waals surface area contributed by atoms with Gasteiger partial charge in [-0.3, -0.25) is 0 Å². The van der Waals surface area contributed by atoms with Crippen LogP contribution < -0.4 is 5.73 Å². The fourth-order valence-corrected chi connectivity index (χ4v) is 2.53. The Balaban J connectivity index is 2.68. The molecule has 2 rings (SSSR count). The molecular weight excluding hydrogens is 170 g/mol. The van der Waals surface area contributed by atoms with E-state index in [9.17, 15) is 0 Å². The van der Waals surface area contributed by atoms with Crippen molar-refractivity contribution in [3.05, 3.63) is 35.4 Å². The van der Waals surface area contributed by atoms with Gasteiger partial charge in [0.05, 0.1) is 0 Å². The van der Waals surface area contributed by atoms with E-state index in [4.69, 9.17) is 5.73 Å². The van der Waals surface area contributed by atoms with Gasteiger partial charge in [-0.15, -0.1) is 0 Å². The quantitative estimate of drug-likeness (QED) is 0.667. The predicted octanol–water partition coefficient (Wildman–Crippen LogP) is 3.00. The molecule has 1 aromatic rings. The maximum Gasteiger partial charge on any atom is 0.0441 e. The molecule has 0 fully saturated rings. The normalized spacial score (nSPS) is 34.2. The Bertz CT molecular complexity index is 363. The Hall–Kier alpha value is -0.820. The van der Waals surface area contributed by atoms with Crippen molar-refractivity contribution in [3.63, 3.8) is 0 Å². The Kier molecular flexibility index (Phi) is 1.81. The molecule has 1 aliphatic rings. The zero-order chi connectivity index (χ0) is 10.6. The summed E-state index contributed by atoms with van der Waals surface area (Å²) in [5.41, 5.74) is 9.12. The Labute approximate surface area is 86.3 Å². The molecule has 0 aromatic heterocycles. The lowest BCUT2D eigenvalue weighted by Crippen LogP contribution is -2.44. The summed E-state index contributed by atoms with van der Waals surface area (Å²) in [5, 5.41) is 0. The van der Waals surface area contributed by atoms with E-state index >= 15 is 0 Å². The van der Waals surface area contributed by atoms with Crippen molar-refractivity contribution in [2.24, 2.45) is 11.1 Å². The molecule has 0 spiro atoms. The van der Waals surface area contributed by atoms with E-state index in [2.05, 4.69) is 52.0 Å². The molecule has 0 saturated heterocycles. The van der Waals surface area contributed by atoms with Gasteiger partial charge in [-0.05, 0) is 29.4 Å². The molecule has 0 unspecified atom stereocenters. The van der Waals surface area contributed by atoms with Gasteiger partial charge in [-0.25, -0.2) is 0 Å². The van der Waals surface area contributed by atoms with Crippen molar-refractivity contribution >= 4 is 0 Å². The molecular formula is C13H19N. The van der Waals surface area contributed by atoms with E-state index in [0.29, 0.717) is 5.92 Å². The summed E-state index contributed by atoms with van der Waals surface area (Å²) in [7, 11) is 0. The second kappa shape index (κ2) is 2.60. The van der Waals surface area contributed by atoms with E-state index < -0.39 is 0 Å². The number of rotatable bonds is 0. The van der Waals surface area contributed by atoms with Crippen LogP contribution in [-0.4, -0.2) is 0 Å². The number of fused-ring (bicyclic) bond motifs is 1. The van der Waals surface area contributed by atoms with Crippen LogP contribution in [0.1, 0.15) is 44.7 Å². The third kappa shape index (κ3) is 0.936. The third-order valence-electron chi connectivity index (χ3n) is 4.41. The first-order valence-corrected chi connectivity index (χ1v) is 5.27. The fourth-order valence-electron chi connectivity index (χ4n) is 2.53. The second-order valence-corrected chi connectivity index (χ2v) is 5.23. The average molecular weight is 189 g/mol. The zero-order valence-electron chi connectivity index (χ0n) is 9.46. The van der Waals surface area contributed by atoms with Crippen LogP contribution in [0.4, 0.5) is 0 Å². The molecule has 0 saturated carbocycles. The van der Waals surface area contributed by atoms with Crippen LogP contribution >= 0.6 is 0 Å². The Morgan fingerprint density at radius 1 is 1.14 bits per heavy atom. The minimum Gasteiger partial charge on any atom is -0.321 e. The summed E-state index contributed by atoms with van der Waals surface area (Å²) in [5.74, 6) is 0.536. The summed E-state index contributed by atoms with van der Waals surface area (Å²) < 4.78 is 0. The summed E-state index contributed by atoms with van der Waals surface area (Å²) in [6, 6.07) is 8.56. The number of hydrogen-bond acceptors (Lipinski definition) is 1. The molecule has 2 N–H and O–H groups in total. The highest BCUT2D eigenvalue weighted by molar-refractivity contribution is 5.44. The maximum absolute atomic E-state index is 6.46. The molecule has 0 bridgehead atoms. The van der Waals surface area contributed by atoms with Gasteiger partial charge in [0, 0.05) is 5.54 Å². The summed E-state index contributed by atoms with van der Waals surface area (Å²) in [6.45, 7) is 8.95. The standard InChI is InChI=1S/C13H19N/c1-9-10-7-5-6-8-11(10)13(4,14)12(9,2)3/h5-9H,14H2,1-4H3/t9-,13+/m1/s1. The Morgan fingerprint density at radius 3 is 2.29 bits per heavy atom. The van der Waals surface area contributed by atoms with E-state index in [1.165, 1.54) is 11.1 Å². The molecule has 1 heteroatoms. The van der Waals surface area contributed by atoms with Gasteiger partial charge < -0.3 is 5.73 Å². The Morgan fingerprint density at radius 2 is 1.71 bits per heavy atom. The monoisotopic (exact) mass is 189 g/mol. The highest BCUT2D eigenvalue weighted by Gasteiger charge is 2.50. The van der Waals surface area contributed by atoms with Crippen molar-refractivity contribution in [3.8, 4) is 0 Å². The number of benzene rings is 1. The predicted molar refractivity (Wildman–Crippen MR) is 60.2 cm³/mol. The van der Waals surface area contributed by atoms with Gasteiger partial charge in [0.15, 0.2) is 0 Å². The largest absolute Gasteiger partial charge is 0.321 e. The average Bonchev–Trinajstić information content (AvgIpc) is 2.27. The van der Waals surface area contributed by atoms with Crippen molar-refractivity contribution in [2.75, 3.05) is 0 Å². The van der Waals surface area contributed by atoms with Crippen LogP contribution in [0.15, 0.2) is 24.3 Å². The van der Waals surface area contributed by atoms with E-state index in [1.54, 1.807) is 0 Å². The van der Waals surface area contributed by atoms with Crippen LogP contribution in [-0.2, 0) is 5.54 Å². The minimum atomic E-state index is -0.205. The molecule has 1 aliphatic carbocycles. The van der Waals surface area contributed by atoms with Crippen LogP contribution in [0.25, 0.3) is 0 Å². The topological polar surface area (TPSA) is 26.0 Å². The zero-order valence-corrected chi connectivity index (χ0v) is 9.46. The summed E-state index contributed by atoms with van der Waals surface area (Å²) in [6.07, 6.45) is 0.